The van der Waals surface area contributed by atoms with E-state index in [1.165, 1.54) is 30.5 Å². The van der Waals surface area contributed by atoms with Gasteiger partial charge in [-0.2, -0.15) is 0 Å². The van der Waals surface area contributed by atoms with Crippen LogP contribution in [0.5, 0.6) is 0 Å². The Hall–Kier alpha value is -0.855. The van der Waals surface area contributed by atoms with Crippen LogP contribution < -0.4 is 11.0 Å². The topological polar surface area (TPSA) is 63.3 Å². The third-order valence-corrected chi connectivity index (χ3v) is 8.04. The molecule has 1 aliphatic rings. The molecule has 0 radical (unpaired) electrons. The van der Waals surface area contributed by atoms with Crippen molar-refractivity contribution >= 4 is 26.0 Å². The van der Waals surface area contributed by atoms with Gasteiger partial charge in [-0.25, -0.2) is 0 Å². The van der Waals surface area contributed by atoms with Crippen LogP contribution in [-0.2, 0) is 11.2 Å². The van der Waals surface area contributed by atoms with Crippen LogP contribution in [0.4, 0.5) is 0 Å². The third kappa shape index (κ3) is 2.93. The van der Waals surface area contributed by atoms with Gasteiger partial charge in [-0.15, -0.1) is 0 Å². The lowest BCUT2D eigenvalue weighted by Crippen LogP contribution is -2.32. The lowest BCUT2D eigenvalue weighted by Gasteiger charge is -2.17. The van der Waals surface area contributed by atoms with Gasteiger partial charge in [0.1, 0.15) is 6.04 Å². The van der Waals surface area contributed by atoms with Crippen molar-refractivity contribution in [1.29, 1.82) is 0 Å². The molecule has 0 spiro atoms. The highest BCUT2D eigenvalue weighted by Crippen LogP contribution is 2.58. The van der Waals surface area contributed by atoms with E-state index in [9.17, 15) is 4.79 Å². The summed E-state index contributed by atoms with van der Waals surface area (Å²) >= 11 is 0. The molecule has 0 aliphatic carbocycles. The molecule has 1 aromatic rings. The van der Waals surface area contributed by atoms with Crippen molar-refractivity contribution in [2.75, 3.05) is 12.3 Å². The Labute approximate surface area is 109 Å². The van der Waals surface area contributed by atoms with Gasteiger partial charge in [0, 0.05) is 12.3 Å². The largest absolute Gasteiger partial charge is 0.480 e. The van der Waals surface area contributed by atoms with Crippen molar-refractivity contribution in [3.8, 4) is 0 Å². The maximum atomic E-state index is 10.7. The molecule has 5 heteroatoms. The summed E-state index contributed by atoms with van der Waals surface area (Å²) in [7, 11) is 1.54. The van der Waals surface area contributed by atoms with Crippen molar-refractivity contribution < 1.29 is 9.90 Å². The summed E-state index contributed by atoms with van der Waals surface area (Å²) in [6.45, 7) is 0. The zero-order chi connectivity index (χ0) is 13.2. The molecule has 1 saturated heterocycles. The minimum absolute atomic E-state index is 0.408. The average molecular weight is 264 g/mol. The van der Waals surface area contributed by atoms with E-state index in [1.807, 2.05) is 12.1 Å². The van der Waals surface area contributed by atoms with Crippen LogP contribution in [0.2, 0.25) is 0 Å². The molecule has 0 bridgehead atoms. The number of aliphatic carboxylic acids is 1. The van der Waals surface area contributed by atoms with Crippen LogP contribution >= 0.6 is 7.14 Å². The van der Waals surface area contributed by atoms with E-state index >= 15 is 0 Å². The van der Waals surface area contributed by atoms with Crippen molar-refractivity contribution in [3.63, 3.8) is 0 Å². The molecule has 1 aliphatic heterocycles. The lowest BCUT2D eigenvalue weighted by atomic mass is 10.1. The smallest absolute Gasteiger partial charge is 0.320 e. The molecule has 0 aromatic heterocycles. The minimum Gasteiger partial charge on any atom is -0.480 e. The second-order valence-corrected chi connectivity index (χ2v) is 9.57. The number of carboxylic acids is 1. The maximum absolute atomic E-state index is 10.7. The number of rotatable bonds is 4. The zero-order valence-corrected chi connectivity index (χ0v) is 11.7. The summed E-state index contributed by atoms with van der Waals surface area (Å²) in [5.41, 5.74) is 6.56. The molecule has 0 amide bonds. The highest BCUT2D eigenvalue weighted by Gasteiger charge is 2.37. The fourth-order valence-electron chi connectivity index (χ4n) is 2.62. The van der Waals surface area contributed by atoms with Crippen LogP contribution in [0.3, 0.4) is 0 Å². The molecule has 0 unspecified atom stereocenters. The summed E-state index contributed by atoms with van der Waals surface area (Å²) in [5, 5.41) is 10.3. The first-order valence-corrected chi connectivity index (χ1v) is 9.04. The van der Waals surface area contributed by atoms with E-state index in [-0.39, 0.29) is 0 Å². The Morgan fingerprint density at radius 1 is 1.33 bits per heavy atom. The van der Waals surface area contributed by atoms with Crippen molar-refractivity contribution in [2.24, 2.45) is 5.73 Å². The lowest BCUT2D eigenvalue weighted by molar-refractivity contribution is -0.138. The number of nitrogens with two attached hydrogens (primary N) is 1. The number of carbonyl (C=O) groups is 1. The normalized spacial score (nSPS) is 19.6. The van der Waals surface area contributed by atoms with Gasteiger partial charge in [0.2, 0.25) is 0 Å². The molecule has 3 N–H and O–H groups in total. The van der Waals surface area contributed by atoms with Crippen molar-refractivity contribution in [1.82, 2.24) is 0 Å². The first kappa shape index (κ1) is 13.6. The van der Waals surface area contributed by atoms with E-state index in [0.29, 0.717) is 6.42 Å². The van der Waals surface area contributed by atoms with Crippen LogP contribution in [0.25, 0.3) is 0 Å². The van der Waals surface area contributed by atoms with Gasteiger partial charge in [0.25, 0.3) is 0 Å². The van der Waals surface area contributed by atoms with Gasteiger partial charge in [-0.05, 0) is 44.1 Å². The number of hydrogen-bond donors (Lipinski definition) is 2. The standard InChI is InChI=1S/C13H19BNO2P/c14-18(7-1-2-8-18)11-5-3-10(4-6-11)9-12(15)13(16)17/h3-6,12H,1-2,7-9,14-15H2/p+1/t12-/m0/s1. The molecule has 18 heavy (non-hydrogen) atoms. The molecule has 1 heterocycles. The van der Waals surface area contributed by atoms with E-state index in [1.54, 1.807) is 0 Å². The molecular weight excluding hydrogens is 244 g/mol. The Morgan fingerprint density at radius 2 is 1.89 bits per heavy atom. The van der Waals surface area contributed by atoms with E-state index in [0.717, 1.165) is 5.56 Å². The van der Waals surface area contributed by atoms with E-state index < -0.39 is 19.2 Å². The molecule has 96 valence electrons. The van der Waals surface area contributed by atoms with E-state index in [2.05, 4.69) is 19.7 Å². The average Bonchev–Trinajstić information content (AvgIpc) is 2.78. The van der Waals surface area contributed by atoms with Gasteiger partial charge in [0.15, 0.2) is 0 Å². The molecule has 3 nitrogen and oxygen atoms in total. The van der Waals surface area contributed by atoms with Crippen LogP contribution in [0.1, 0.15) is 18.4 Å². The van der Waals surface area contributed by atoms with Gasteiger partial charge < -0.3 is 10.8 Å². The molecule has 1 atom stereocenters. The highest BCUT2D eigenvalue weighted by molar-refractivity contribution is 8.03. The predicted molar refractivity (Wildman–Crippen MR) is 79.8 cm³/mol. The molecule has 2 rings (SSSR count). The SMILES string of the molecule is B[P+]1(c2ccc(C[C@H](N)C(=O)O)cc2)CCCC1. The Balaban J connectivity index is 2.08. The minimum atomic E-state index is -0.936. The Kier molecular flexibility index (Phi) is 4.09. The Bertz CT molecular complexity index is 429. The van der Waals surface area contributed by atoms with E-state index in [4.69, 9.17) is 10.8 Å². The van der Waals surface area contributed by atoms with Gasteiger partial charge in [0.05, 0.1) is 5.30 Å². The van der Waals surface area contributed by atoms with Crippen LogP contribution in [-0.4, -0.2) is 37.0 Å². The second kappa shape index (κ2) is 5.42. The summed E-state index contributed by atoms with van der Waals surface area (Å²) in [6.07, 6.45) is 5.85. The summed E-state index contributed by atoms with van der Waals surface area (Å²) in [5.74, 6) is -0.936. The second-order valence-electron chi connectivity index (χ2n) is 5.37. The third-order valence-electron chi connectivity index (χ3n) is 3.89. The number of hydrogen-bond acceptors (Lipinski definition) is 2. The monoisotopic (exact) mass is 264 g/mol. The predicted octanol–water partition coefficient (Wildman–Crippen LogP) is 0.626. The maximum Gasteiger partial charge on any atom is 0.320 e. The Morgan fingerprint density at radius 3 is 2.39 bits per heavy atom. The van der Waals surface area contributed by atoms with Crippen molar-refractivity contribution in [2.45, 2.75) is 25.3 Å². The first-order chi connectivity index (χ1) is 8.51. The number of benzene rings is 1. The molecular formula is C13H20BNO2P+. The molecule has 1 fully saturated rings. The first-order valence-electron chi connectivity index (χ1n) is 6.44. The summed E-state index contributed by atoms with van der Waals surface area (Å²) in [6, 6.07) is 7.66. The van der Waals surface area contributed by atoms with Gasteiger partial charge in [-0.1, -0.05) is 12.1 Å². The molecule has 0 saturated carbocycles. The summed E-state index contributed by atoms with van der Waals surface area (Å²) in [4.78, 5) is 10.7. The highest BCUT2D eigenvalue weighted by atomic mass is 31.2. The number of carboxylic acid groups (broad SMARTS) is 1. The fraction of sp³-hybridized carbons (Fsp3) is 0.462. The molecule has 1 aromatic carbocycles. The van der Waals surface area contributed by atoms with Crippen LogP contribution in [0, 0.1) is 0 Å². The quantitative estimate of drug-likeness (QED) is 0.619. The van der Waals surface area contributed by atoms with Crippen LogP contribution in [0.15, 0.2) is 24.3 Å². The zero-order valence-electron chi connectivity index (χ0n) is 10.8. The van der Waals surface area contributed by atoms with Gasteiger partial charge in [-0.3, -0.25) is 4.79 Å². The summed E-state index contributed by atoms with van der Waals surface area (Å²) < 4.78 is 0. The van der Waals surface area contributed by atoms with Crippen molar-refractivity contribution in [3.05, 3.63) is 29.8 Å². The fourth-order valence-corrected chi connectivity index (χ4v) is 6.08. The van der Waals surface area contributed by atoms with Gasteiger partial charge >= 0.3 is 13.5 Å².